The van der Waals surface area contributed by atoms with Crippen LogP contribution in [0.25, 0.3) is 0 Å². The van der Waals surface area contributed by atoms with Gasteiger partial charge in [0.2, 0.25) is 0 Å². The smallest absolute Gasteiger partial charge is 0.289 e. The van der Waals surface area contributed by atoms with Gasteiger partial charge < -0.3 is 0 Å². The number of Topliss-reactive ketones (excluding diaryl/α,β-unsaturated/α-hetero) is 1. The number of hydrogen-bond donors (Lipinski definition) is 0. The Morgan fingerprint density at radius 1 is 1.38 bits per heavy atom. The van der Waals surface area contributed by atoms with Gasteiger partial charge in [-0.15, -0.1) is 0 Å². The molecule has 1 fully saturated rings. The second kappa shape index (κ2) is 6.25. The number of piperidine rings is 1. The van der Waals surface area contributed by atoms with Crippen LogP contribution in [0.1, 0.15) is 6.42 Å². The van der Waals surface area contributed by atoms with Crippen LogP contribution in [0.2, 0.25) is 0 Å². The highest BCUT2D eigenvalue weighted by atomic mass is 79.9. The zero-order valence-corrected chi connectivity index (χ0v) is 15.7. The van der Waals surface area contributed by atoms with Gasteiger partial charge in [0.05, 0.1) is 22.3 Å². The van der Waals surface area contributed by atoms with Crippen LogP contribution in [-0.2, 0) is 14.8 Å². The zero-order chi connectivity index (χ0) is 17.6. The molecule has 10 heteroatoms. The fourth-order valence-electron chi connectivity index (χ4n) is 3.14. The molecule has 0 unspecified atom stereocenters. The van der Waals surface area contributed by atoms with Crippen LogP contribution in [0.15, 0.2) is 39.7 Å². The van der Waals surface area contributed by atoms with Crippen molar-refractivity contribution in [1.82, 2.24) is 4.31 Å². The van der Waals surface area contributed by atoms with Crippen molar-refractivity contribution in [3.8, 4) is 0 Å². The molecule has 3 atom stereocenters. The molecule has 0 N–H and O–H groups in total. The van der Waals surface area contributed by atoms with E-state index in [1.807, 2.05) is 0 Å². The van der Waals surface area contributed by atoms with E-state index in [4.69, 9.17) is 0 Å². The minimum atomic E-state index is -4.13. The van der Waals surface area contributed by atoms with Gasteiger partial charge >= 0.3 is 0 Å². The van der Waals surface area contributed by atoms with Crippen molar-refractivity contribution in [3.63, 3.8) is 0 Å². The molecule has 0 amide bonds. The Balaban J connectivity index is 2.12. The molecule has 1 aromatic rings. The van der Waals surface area contributed by atoms with Gasteiger partial charge in [-0.2, -0.15) is 16.1 Å². The Kier molecular flexibility index (Phi) is 4.58. The van der Waals surface area contributed by atoms with E-state index in [1.165, 1.54) is 40.3 Å². The summed E-state index contributed by atoms with van der Waals surface area (Å²) in [5.74, 6) is -0.0165. The molecular formula is C14H13BrN2O5S2. The van der Waals surface area contributed by atoms with Crippen molar-refractivity contribution in [2.75, 3.05) is 6.26 Å². The zero-order valence-electron chi connectivity index (χ0n) is 12.5. The van der Waals surface area contributed by atoms with Gasteiger partial charge in [0, 0.05) is 17.0 Å². The highest BCUT2D eigenvalue weighted by Crippen LogP contribution is 2.44. The summed E-state index contributed by atoms with van der Waals surface area (Å²) in [5, 5.41) is 10.7. The maximum Gasteiger partial charge on any atom is 0.289 e. The van der Waals surface area contributed by atoms with Crippen LogP contribution in [0.3, 0.4) is 0 Å². The molecule has 0 aromatic heterocycles. The highest BCUT2D eigenvalue weighted by Gasteiger charge is 2.53. The number of benzene rings is 1. The summed E-state index contributed by atoms with van der Waals surface area (Å²) in [5.41, 5.74) is -0.467. The second-order valence-corrected chi connectivity index (χ2v) is 9.16. The standard InChI is InChI=1S/C14H13BrN2O5S2/c1-23-14-11(18)7-8-6-9(15)13(14)16(8)24(21,22)12-5-3-2-4-10(12)17(19)20/h2-6,8,13-14H,7H2,1H3/t8-,13+,14+/m0/s1. The molecule has 2 bridgehead atoms. The molecule has 2 heterocycles. The Bertz CT molecular complexity index is 854. The number of para-hydroxylation sites is 1. The van der Waals surface area contributed by atoms with Gasteiger partial charge in [0.1, 0.15) is 5.78 Å². The molecule has 0 saturated carbocycles. The topological polar surface area (TPSA) is 97.6 Å². The Hall–Kier alpha value is -1.23. The lowest BCUT2D eigenvalue weighted by Crippen LogP contribution is -2.54. The number of rotatable bonds is 4. The van der Waals surface area contributed by atoms with Crippen LogP contribution in [0.4, 0.5) is 5.69 Å². The maximum atomic E-state index is 13.1. The van der Waals surface area contributed by atoms with Gasteiger partial charge in [-0.1, -0.05) is 34.1 Å². The van der Waals surface area contributed by atoms with E-state index in [0.29, 0.717) is 4.48 Å². The van der Waals surface area contributed by atoms with Crippen molar-refractivity contribution >= 4 is 49.2 Å². The number of halogens is 1. The first-order chi connectivity index (χ1) is 11.3. The number of hydrogen-bond acceptors (Lipinski definition) is 6. The lowest BCUT2D eigenvalue weighted by Gasteiger charge is -2.37. The van der Waals surface area contributed by atoms with Crippen molar-refractivity contribution in [2.45, 2.75) is 28.6 Å². The Labute approximate surface area is 151 Å². The van der Waals surface area contributed by atoms with Crippen LogP contribution < -0.4 is 0 Å². The lowest BCUT2D eigenvalue weighted by atomic mass is 10.0. The summed E-state index contributed by atoms with van der Waals surface area (Å²) in [4.78, 5) is 22.4. The molecule has 2 aliphatic rings. The van der Waals surface area contributed by atoms with E-state index >= 15 is 0 Å². The molecule has 1 aromatic carbocycles. The van der Waals surface area contributed by atoms with Gasteiger partial charge in [-0.25, -0.2) is 8.42 Å². The molecule has 1 saturated heterocycles. The van der Waals surface area contributed by atoms with Crippen molar-refractivity contribution < 1.29 is 18.1 Å². The third-order valence-corrected chi connectivity index (χ3v) is 7.84. The summed E-state index contributed by atoms with van der Waals surface area (Å²) in [6.45, 7) is 0. The van der Waals surface area contributed by atoms with E-state index in [2.05, 4.69) is 15.9 Å². The number of nitro groups is 1. The third kappa shape index (κ3) is 2.61. The summed E-state index contributed by atoms with van der Waals surface area (Å²) in [7, 11) is -4.13. The van der Waals surface area contributed by atoms with E-state index < -0.39 is 38.0 Å². The normalized spacial score (nSPS) is 27.2. The monoisotopic (exact) mass is 432 g/mol. The number of thioether (sulfide) groups is 1. The molecular weight excluding hydrogens is 420 g/mol. The summed E-state index contributed by atoms with van der Waals surface area (Å²) in [6, 6.07) is 3.97. The Morgan fingerprint density at radius 3 is 2.67 bits per heavy atom. The Morgan fingerprint density at radius 2 is 2.04 bits per heavy atom. The largest absolute Gasteiger partial charge is 0.298 e. The second-order valence-electron chi connectivity index (χ2n) is 5.45. The first-order valence-electron chi connectivity index (χ1n) is 6.98. The number of carbonyl (C=O) groups excluding carboxylic acids is 1. The molecule has 24 heavy (non-hydrogen) atoms. The number of nitro benzene ring substituents is 1. The average molecular weight is 433 g/mol. The number of nitrogens with zero attached hydrogens (tertiary/aromatic N) is 2. The average Bonchev–Trinajstić information content (AvgIpc) is 2.79. The van der Waals surface area contributed by atoms with Crippen LogP contribution >= 0.6 is 27.7 Å². The fraction of sp³-hybridized carbons (Fsp3) is 0.357. The summed E-state index contributed by atoms with van der Waals surface area (Å²) >= 11 is 4.64. The van der Waals surface area contributed by atoms with Gasteiger partial charge in [-0.3, -0.25) is 14.9 Å². The highest BCUT2D eigenvalue weighted by molar-refractivity contribution is 9.11. The molecule has 128 valence electrons. The molecule has 7 nitrogen and oxygen atoms in total. The third-order valence-electron chi connectivity index (χ3n) is 4.12. The number of carbonyl (C=O) groups is 1. The molecule has 0 radical (unpaired) electrons. The maximum absolute atomic E-state index is 13.1. The van der Waals surface area contributed by atoms with Gasteiger partial charge in [-0.05, 0) is 12.3 Å². The van der Waals surface area contributed by atoms with Crippen LogP contribution in [-0.4, -0.2) is 47.0 Å². The first-order valence-corrected chi connectivity index (χ1v) is 10.5. The SMILES string of the molecule is CS[C@@H]1C(=O)C[C@@H]2C=C(Br)[C@H]1N2S(=O)(=O)c1ccccc1[N+](=O)[O-]. The minimum absolute atomic E-state index is 0.0165. The van der Waals surface area contributed by atoms with Crippen LogP contribution in [0.5, 0.6) is 0 Å². The summed E-state index contributed by atoms with van der Waals surface area (Å²) < 4.78 is 28.1. The van der Waals surface area contributed by atoms with Crippen molar-refractivity contribution in [2.24, 2.45) is 0 Å². The van der Waals surface area contributed by atoms with E-state index in [1.54, 1.807) is 12.3 Å². The predicted octanol–water partition coefficient (Wildman–Crippen LogP) is 2.32. The van der Waals surface area contributed by atoms with Gasteiger partial charge in [0.25, 0.3) is 15.7 Å². The molecule has 0 aliphatic carbocycles. The van der Waals surface area contributed by atoms with E-state index in [0.717, 1.165) is 0 Å². The molecule has 3 rings (SSSR count). The van der Waals surface area contributed by atoms with Crippen LogP contribution in [0, 0.1) is 10.1 Å². The predicted molar refractivity (Wildman–Crippen MR) is 93.6 cm³/mol. The van der Waals surface area contributed by atoms with E-state index in [9.17, 15) is 23.3 Å². The quantitative estimate of drug-likeness (QED) is 0.534. The number of ketones is 1. The van der Waals surface area contributed by atoms with E-state index in [-0.39, 0.29) is 17.1 Å². The first kappa shape index (κ1) is 17.6. The fourth-order valence-corrected chi connectivity index (χ4v) is 7.12. The van der Waals surface area contributed by atoms with Gasteiger partial charge in [0.15, 0.2) is 4.90 Å². The van der Waals surface area contributed by atoms with Crippen molar-refractivity contribution in [1.29, 1.82) is 0 Å². The molecule has 2 aliphatic heterocycles. The summed E-state index contributed by atoms with van der Waals surface area (Å²) in [6.07, 6.45) is 3.51. The minimum Gasteiger partial charge on any atom is -0.298 e. The lowest BCUT2D eigenvalue weighted by molar-refractivity contribution is -0.387. The number of fused-ring (bicyclic) bond motifs is 2. The van der Waals surface area contributed by atoms with Crippen molar-refractivity contribution in [3.05, 3.63) is 44.9 Å². The number of sulfonamides is 1. The molecule has 0 spiro atoms.